The summed E-state index contributed by atoms with van der Waals surface area (Å²) in [7, 11) is 0. The van der Waals surface area contributed by atoms with Crippen molar-refractivity contribution in [3.8, 4) is 5.75 Å². The third-order valence-corrected chi connectivity index (χ3v) is 3.14. The lowest BCUT2D eigenvalue weighted by atomic mass is 10.2. The lowest BCUT2D eigenvalue weighted by molar-refractivity contribution is 0.0519. The number of carbonyl (C=O) groups is 1. The topological polar surface area (TPSA) is 48.4 Å². The van der Waals surface area contributed by atoms with E-state index >= 15 is 0 Å². The average molecular weight is 326 g/mol. The van der Waals surface area contributed by atoms with E-state index in [9.17, 15) is 4.79 Å². The van der Waals surface area contributed by atoms with Crippen LogP contribution in [0.4, 0.5) is 0 Å². The molecule has 0 spiro atoms. The number of esters is 1. The Bertz CT molecular complexity index is 647. The summed E-state index contributed by atoms with van der Waals surface area (Å²) in [6, 6.07) is 8.35. The van der Waals surface area contributed by atoms with Gasteiger partial charge in [0, 0.05) is 17.3 Å². The van der Waals surface area contributed by atoms with Crippen LogP contribution in [0.2, 0.25) is 10.0 Å². The third-order valence-electron chi connectivity index (χ3n) is 2.60. The quantitative estimate of drug-likeness (QED) is 0.775. The fourth-order valence-electron chi connectivity index (χ4n) is 1.63. The molecule has 6 heteroatoms. The molecular formula is C15H13Cl2NO3. The molecular weight excluding hydrogens is 313 g/mol. The van der Waals surface area contributed by atoms with Crippen LogP contribution in [-0.4, -0.2) is 17.6 Å². The maximum absolute atomic E-state index is 11.6. The number of pyridine rings is 1. The lowest BCUT2D eigenvalue weighted by Crippen LogP contribution is -2.08. The van der Waals surface area contributed by atoms with Gasteiger partial charge < -0.3 is 9.47 Å². The van der Waals surface area contributed by atoms with Gasteiger partial charge in [-0.05, 0) is 36.8 Å². The zero-order valence-corrected chi connectivity index (χ0v) is 12.8. The molecule has 0 unspecified atom stereocenters. The van der Waals surface area contributed by atoms with Gasteiger partial charge in [0.05, 0.1) is 11.6 Å². The fourth-order valence-corrected chi connectivity index (χ4v) is 1.96. The van der Waals surface area contributed by atoms with Crippen LogP contribution < -0.4 is 4.74 Å². The first-order valence-electron chi connectivity index (χ1n) is 6.30. The van der Waals surface area contributed by atoms with E-state index < -0.39 is 5.97 Å². The van der Waals surface area contributed by atoms with Crippen LogP contribution in [0.25, 0.3) is 0 Å². The molecule has 0 aliphatic heterocycles. The molecule has 0 radical (unpaired) electrons. The van der Waals surface area contributed by atoms with Crippen molar-refractivity contribution >= 4 is 29.2 Å². The van der Waals surface area contributed by atoms with Gasteiger partial charge in [-0.25, -0.2) is 9.78 Å². The van der Waals surface area contributed by atoms with E-state index in [1.165, 1.54) is 6.20 Å². The number of benzene rings is 1. The summed E-state index contributed by atoms with van der Waals surface area (Å²) in [4.78, 5) is 15.6. The smallest absolute Gasteiger partial charge is 0.356 e. The van der Waals surface area contributed by atoms with E-state index in [-0.39, 0.29) is 12.3 Å². The van der Waals surface area contributed by atoms with Crippen LogP contribution in [0.3, 0.4) is 0 Å². The molecule has 0 saturated carbocycles. The zero-order valence-electron chi connectivity index (χ0n) is 11.3. The van der Waals surface area contributed by atoms with Crippen molar-refractivity contribution in [2.75, 3.05) is 6.61 Å². The summed E-state index contributed by atoms with van der Waals surface area (Å²) in [5.74, 6) is 0.0267. The van der Waals surface area contributed by atoms with Gasteiger partial charge in [-0.3, -0.25) is 0 Å². The summed E-state index contributed by atoms with van der Waals surface area (Å²) >= 11 is 11.9. The minimum absolute atomic E-state index is 0.245. The van der Waals surface area contributed by atoms with Crippen molar-refractivity contribution in [1.82, 2.24) is 4.98 Å². The van der Waals surface area contributed by atoms with Gasteiger partial charge in [-0.15, -0.1) is 0 Å². The summed E-state index contributed by atoms with van der Waals surface area (Å²) in [5.41, 5.74) is 1.03. The molecule has 1 aromatic carbocycles. The van der Waals surface area contributed by atoms with Crippen molar-refractivity contribution in [2.24, 2.45) is 0 Å². The minimum Gasteiger partial charge on any atom is -0.487 e. The predicted octanol–water partition coefficient (Wildman–Crippen LogP) is 4.14. The molecule has 0 atom stereocenters. The standard InChI is InChI=1S/C15H13Cl2NO3/c1-2-20-15(19)13-7-10(5-6-18-13)9-21-14-8-11(16)3-4-12(14)17/h3-8H,2,9H2,1H3. The van der Waals surface area contributed by atoms with Crippen LogP contribution in [-0.2, 0) is 11.3 Å². The number of aromatic nitrogens is 1. The second-order valence-corrected chi connectivity index (χ2v) is 4.98. The van der Waals surface area contributed by atoms with E-state index in [1.807, 2.05) is 0 Å². The Labute approximate surface area is 132 Å². The largest absolute Gasteiger partial charge is 0.487 e. The Morgan fingerprint density at radius 1 is 1.24 bits per heavy atom. The summed E-state index contributed by atoms with van der Waals surface area (Å²) in [6.07, 6.45) is 1.53. The number of hydrogen-bond donors (Lipinski definition) is 0. The van der Waals surface area contributed by atoms with Crippen molar-refractivity contribution in [3.05, 3.63) is 57.8 Å². The van der Waals surface area contributed by atoms with Crippen LogP contribution >= 0.6 is 23.2 Å². The second-order valence-electron chi connectivity index (χ2n) is 4.13. The Balaban J connectivity index is 2.08. The molecule has 0 aliphatic carbocycles. The Morgan fingerprint density at radius 2 is 2.05 bits per heavy atom. The summed E-state index contributed by atoms with van der Waals surface area (Å²) in [5, 5.41) is 1.01. The zero-order chi connectivity index (χ0) is 15.2. The highest BCUT2D eigenvalue weighted by Gasteiger charge is 2.09. The molecule has 1 aromatic heterocycles. The molecule has 0 aliphatic rings. The van der Waals surface area contributed by atoms with E-state index in [4.69, 9.17) is 32.7 Å². The summed E-state index contributed by atoms with van der Waals surface area (Å²) in [6.45, 7) is 2.29. The second kappa shape index (κ2) is 7.29. The highest BCUT2D eigenvalue weighted by Crippen LogP contribution is 2.28. The van der Waals surface area contributed by atoms with Crippen molar-refractivity contribution in [2.45, 2.75) is 13.5 Å². The molecule has 0 N–H and O–H groups in total. The first-order chi connectivity index (χ1) is 10.1. The minimum atomic E-state index is -0.458. The number of nitrogens with zero attached hydrogens (tertiary/aromatic N) is 1. The lowest BCUT2D eigenvalue weighted by Gasteiger charge is -2.09. The Morgan fingerprint density at radius 3 is 2.81 bits per heavy atom. The first-order valence-corrected chi connectivity index (χ1v) is 7.05. The van der Waals surface area contributed by atoms with Gasteiger partial charge in [0.2, 0.25) is 0 Å². The summed E-state index contributed by atoms with van der Waals surface area (Å²) < 4.78 is 10.5. The van der Waals surface area contributed by atoms with Crippen LogP contribution in [0.5, 0.6) is 5.75 Å². The normalized spacial score (nSPS) is 10.2. The number of carbonyl (C=O) groups excluding carboxylic acids is 1. The molecule has 21 heavy (non-hydrogen) atoms. The van der Waals surface area contributed by atoms with Gasteiger partial charge in [0.1, 0.15) is 18.1 Å². The van der Waals surface area contributed by atoms with Crippen molar-refractivity contribution in [1.29, 1.82) is 0 Å². The fraction of sp³-hybridized carbons (Fsp3) is 0.200. The van der Waals surface area contributed by atoms with Gasteiger partial charge in [0.25, 0.3) is 0 Å². The van der Waals surface area contributed by atoms with E-state index in [1.54, 1.807) is 37.3 Å². The highest BCUT2D eigenvalue weighted by molar-refractivity contribution is 6.34. The molecule has 2 rings (SSSR count). The number of rotatable bonds is 5. The number of hydrogen-bond acceptors (Lipinski definition) is 4. The van der Waals surface area contributed by atoms with Gasteiger partial charge >= 0.3 is 5.97 Å². The third kappa shape index (κ3) is 4.34. The Kier molecular flexibility index (Phi) is 5.42. The monoisotopic (exact) mass is 325 g/mol. The van der Waals surface area contributed by atoms with E-state index in [0.29, 0.717) is 22.4 Å². The molecule has 0 bridgehead atoms. The molecule has 0 fully saturated rings. The van der Waals surface area contributed by atoms with Gasteiger partial charge in [0.15, 0.2) is 0 Å². The molecule has 4 nitrogen and oxygen atoms in total. The molecule has 1 heterocycles. The molecule has 2 aromatic rings. The maximum Gasteiger partial charge on any atom is 0.356 e. The van der Waals surface area contributed by atoms with Gasteiger partial charge in [-0.2, -0.15) is 0 Å². The molecule has 0 saturated heterocycles. The van der Waals surface area contributed by atoms with E-state index in [2.05, 4.69) is 4.98 Å². The first kappa shape index (κ1) is 15.6. The average Bonchev–Trinajstić information content (AvgIpc) is 2.49. The van der Waals surface area contributed by atoms with Crippen LogP contribution in [0, 0.1) is 0 Å². The SMILES string of the molecule is CCOC(=O)c1cc(COc2cc(Cl)ccc2Cl)ccn1. The van der Waals surface area contributed by atoms with E-state index in [0.717, 1.165) is 5.56 Å². The van der Waals surface area contributed by atoms with Crippen LogP contribution in [0.15, 0.2) is 36.5 Å². The van der Waals surface area contributed by atoms with Crippen molar-refractivity contribution in [3.63, 3.8) is 0 Å². The highest BCUT2D eigenvalue weighted by atomic mass is 35.5. The number of halogens is 2. The van der Waals surface area contributed by atoms with Crippen LogP contribution in [0.1, 0.15) is 23.0 Å². The molecule has 0 amide bonds. The maximum atomic E-state index is 11.6. The number of ether oxygens (including phenoxy) is 2. The Hall–Kier alpha value is -1.78. The molecule has 110 valence electrons. The van der Waals surface area contributed by atoms with Crippen molar-refractivity contribution < 1.29 is 14.3 Å². The predicted molar refractivity (Wildman–Crippen MR) is 81.0 cm³/mol. The van der Waals surface area contributed by atoms with Gasteiger partial charge in [-0.1, -0.05) is 23.2 Å².